The Labute approximate surface area is 163 Å². The number of fused-ring (bicyclic) bond motifs is 2. The maximum atomic E-state index is 13.0. The minimum absolute atomic E-state index is 0. The molecular weight excluding hydrogens is 361 g/mol. The largest absolute Gasteiger partial charge is 0.379 e. The predicted octanol–water partition coefficient (Wildman–Crippen LogP) is 1.92. The Bertz CT molecular complexity index is 434. The monoisotopic (exact) mass is 393 g/mol. The van der Waals surface area contributed by atoms with E-state index in [1.54, 1.807) is 0 Å². The molecule has 0 radical (unpaired) electrons. The van der Waals surface area contributed by atoms with Crippen LogP contribution < -0.4 is 5.73 Å². The third-order valence-electron chi connectivity index (χ3n) is 6.80. The van der Waals surface area contributed by atoms with Gasteiger partial charge in [0.2, 0.25) is 5.91 Å². The molecule has 2 saturated carbocycles. The van der Waals surface area contributed by atoms with E-state index in [0.717, 1.165) is 58.7 Å². The van der Waals surface area contributed by atoms with E-state index in [2.05, 4.69) is 9.80 Å². The molecule has 3 unspecified atom stereocenters. The number of nitrogens with zero attached hydrogens (tertiary/aromatic N) is 2. The van der Waals surface area contributed by atoms with Crippen molar-refractivity contribution in [3.63, 3.8) is 0 Å². The number of likely N-dealkylation sites (tertiary alicyclic amines) is 1. The fourth-order valence-electron chi connectivity index (χ4n) is 5.43. The number of nitrogens with two attached hydrogens (primary N) is 1. The van der Waals surface area contributed by atoms with E-state index >= 15 is 0 Å². The number of morpholine rings is 1. The maximum Gasteiger partial charge on any atom is 0.225 e. The van der Waals surface area contributed by atoms with Crippen molar-refractivity contribution in [2.24, 2.45) is 23.5 Å². The molecule has 1 amide bonds. The number of halogens is 2. The SMILES string of the molecule is Cl.Cl.NC1C2CCCC1CC(C(=O)N1CCC(N3CCOCC3)C1)C2. The lowest BCUT2D eigenvalue weighted by atomic mass is 9.65. The topological polar surface area (TPSA) is 58.8 Å². The first-order chi connectivity index (χ1) is 11.2. The summed E-state index contributed by atoms with van der Waals surface area (Å²) in [6.07, 6.45) is 6.98. The Morgan fingerprint density at radius 3 is 2.24 bits per heavy atom. The van der Waals surface area contributed by atoms with Gasteiger partial charge in [-0.05, 0) is 43.9 Å². The van der Waals surface area contributed by atoms with Gasteiger partial charge in [0, 0.05) is 44.2 Å². The first kappa shape index (κ1) is 21.2. The molecule has 25 heavy (non-hydrogen) atoms. The second kappa shape index (κ2) is 9.23. The molecule has 0 aromatic carbocycles. The smallest absolute Gasteiger partial charge is 0.225 e. The number of hydrogen-bond donors (Lipinski definition) is 1. The standard InChI is InChI=1S/C18H31N3O2.2ClH/c19-17-13-2-1-3-14(17)11-15(10-13)18(22)21-5-4-16(12-21)20-6-8-23-9-7-20;;/h13-17H,1-12,19H2;2*1H. The zero-order valence-corrected chi connectivity index (χ0v) is 16.6. The quantitative estimate of drug-likeness (QED) is 0.778. The van der Waals surface area contributed by atoms with Crippen molar-refractivity contribution >= 4 is 30.7 Å². The van der Waals surface area contributed by atoms with Crippen molar-refractivity contribution in [3.05, 3.63) is 0 Å². The van der Waals surface area contributed by atoms with Gasteiger partial charge in [0.25, 0.3) is 0 Å². The van der Waals surface area contributed by atoms with Gasteiger partial charge in [-0.1, -0.05) is 6.42 Å². The summed E-state index contributed by atoms with van der Waals surface area (Å²) < 4.78 is 5.45. The van der Waals surface area contributed by atoms with Gasteiger partial charge in [0.1, 0.15) is 0 Å². The summed E-state index contributed by atoms with van der Waals surface area (Å²) in [7, 11) is 0. The average molecular weight is 394 g/mol. The van der Waals surface area contributed by atoms with Crippen molar-refractivity contribution in [1.29, 1.82) is 0 Å². The Hall–Kier alpha value is -0.0700. The number of hydrogen-bond acceptors (Lipinski definition) is 4. The zero-order chi connectivity index (χ0) is 15.8. The molecule has 0 spiro atoms. The Kier molecular flexibility index (Phi) is 7.84. The normalized spacial score (nSPS) is 38.6. The second-order valence-corrected chi connectivity index (χ2v) is 8.07. The molecule has 4 rings (SSSR count). The summed E-state index contributed by atoms with van der Waals surface area (Å²) in [4.78, 5) is 17.7. The summed E-state index contributed by atoms with van der Waals surface area (Å²) in [5, 5.41) is 0. The van der Waals surface area contributed by atoms with Crippen LogP contribution in [0.4, 0.5) is 0 Å². The lowest BCUT2D eigenvalue weighted by molar-refractivity contribution is -0.137. The molecule has 3 atom stereocenters. The first-order valence-corrected chi connectivity index (χ1v) is 9.58. The highest BCUT2D eigenvalue weighted by Gasteiger charge is 2.42. The summed E-state index contributed by atoms with van der Waals surface area (Å²) in [6, 6.07) is 0.903. The van der Waals surface area contributed by atoms with E-state index in [1.165, 1.54) is 19.3 Å². The van der Waals surface area contributed by atoms with Crippen LogP contribution in [0.1, 0.15) is 38.5 Å². The number of carbonyl (C=O) groups is 1. The van der Waals surface area contributed by atoms with Crippen LogP contribution in [-0.2, 0) is 9.53 Å². The Morgan fingerprint density at radius 2 is 1.60 bits per heavy atom. The number of ether oxygens (including phenoxy) is 1. The summed E-state index contributed by atoms with van der Waals surface area (Å²) in [5.41, 5.74) is 6.38. The van der Waals surface area contributed by atoms with Crippen LogP contribution in [0.5, 0.6) is 0 Å². The van der Waals surface area contributed by atoms with Gasteiger partial charge >= 0.3 is 0 Å². The van der Waals surface area contributed by atoms with Crippen molar-refractivity contribution < 1.29 is 9.53 Å². The van der Waals surface area contributed by atoms with Crippen LogP contribution in [0.25, 0.3) is 0 Å². The second-order valence-electron chi connectivity index (χ2n) is 8.07. The van der Waals surface area contributed by atoms with Crippen molar-refractivity contribution in [2.45, 2.75) is 50.6 Å². The predicted molar refractivity (Wildman–Crippen MR) is 103 cm³/mol. The molecule has 0 aromatic heterocycles. The Balaban J connectivity index is 0.00000113. The van der Waals surface area contributed by atoms with E-state index in [1.807, 2.05) is 0 Å². The zero-order valence-electron chi connectivity index (χ0n) is 15.0. The molecule has 7 heteroatoms. The Morgan fingerprint density at radius 1 is 0.960 bits per heavy atom. The van der Waals surface area contributed by atoms with Crippen molar-refractivity contribution in [2.75, 3.05) is 39.4 Å². The van der Waals surface area contributed by atoms with Gasteiger partial charge in [-0.15, -0.1) is 24.8 Å². The van der Waals surface area contributed by atoms with Gasteiger partial charge in [-0.3, -0.25) is 9.69 Å². The number of rotatable bonds is 2. The van der Waals surface area contributed by atoms with Crippen LogP contribution in [-0.4, -0.2) is 67.2 Å². The van der Waals surface area contributed by atoms with Gasteiger partial charge in [0.15, 0.2) is 0 Å². The van der Waals surface area contributed by atoms with E-state index in [4.69, 9.17) is 10.5 Å². The minimum Gasteiger partial charge on any atom is -0.379 e. The van der Waals surface area contributed by atoms with Crippen LogP contribution >= 0.6 is 24.8 Å². The summed E-state index contributed by atoms with van der Waals surface area (Å²) in [6.45, 7) is 5.60. The highest BCUT2D eigenvalue weighted by molar-refractivity contribution is 5.85. The molecular formula is C18H33Cl2N3O2. The van der Waals surface area contributed by atoms with E-state index < -0.39 is 0 Å². The highest BCUT2D eigenvalue weighted by atomic mass is 35.5. The van der Waals surface area contributed by atoms with Crippen LogP contribution in [0.3, 0.4) is 0 Å². The van der Waals surface area contributed by atoms with Gasteiger partial charge in [-0.2, -0.15) is 0 Å². The molecule has 2 heterocycles. The lowest BCUT2D eigenvalue weighted by Gasteiger charge is -2.44. The van der Waals surface area contributed by atoms with Gasteiger partial charge in [0.05, 0.1) is 13.2 Å². The molecule has 0 aromatic rings. The molecule has 4 fully saturated rings. The maximum absolute atomic E-state index is 13.0. The third kappa shape index (κ3) is 4.44. The van der Waals surface area contributed by atoms with E-state index in [9.17, 15) is 4.79 Å². The first-order valence-electron chi connectivity index (χ1n) is 9.58. The summed E-state index contributed by atoms with van der Waals surface area (Å²) >= 11 is 0. The average Bonchev–Trinajstić information content (AvgIpc) is 3.05. The number of carbonyl (C=O) groups excluding carboxylic acids is 1. The molecule has 2 aliphatic carbocycles. The summed E-state index contributed by atoms with van der Waals surface area (Å²) in [5.74, 6) is 1.85. The van der Waals surface area contributed by atoms with Crippen LogP contribution in [0.15, 0.2) is 0 Å². The fraction of sp³-hybridized carbons (Fsp3) is 0.944. The molecule has 2 saturated heterocycles. The fourth-order valence-corrected chi connectivity index (χ4v) is 5.43. The van der Waals surface area contributed by atoms with Gasteiger partial charge in [-0.25, -0.2) is 0 Å². The molecule has 146 valence electrons. The van der Waals surface area contributed by atoms with Crippen molar-refractivity contribution in [1.82, 2.24) is 9.80 Å². The van der Waals surface area contributed by atoms with Crippen molar-refractivity contribution in [3.8, 4) is 0 Å². The van der Waals surface area contributed by atoms with Crippen LogP contribution in [0.2, 0.25) is 0 Å². The molecule has 2 N–H and O–H groups in total. The molecule has 2 bridgehead atoms. The molecule has 4 aliphatic rings. The minimum atomic E-state index is 0. The lowest BCUT2D eigenvalue weighted by Crippen LogP contribution is -2.50. The van der Waals surface area contributed by atoms with Crippen LogP contribution in [0, 0.1) is 17.8 Å². The van der Waals surface area contributed by atoms with Gasteiger partial charge < -0.3 is 15.4 Å². The van der Waals surface area contributed by atoms with E-state index in [0.29, 0.717) is 29.8 Å². The molecule has 2 aliphatic heterocycles. The van der Waals surface area contributed by atoms with E-state index in [-0.39, 0.29) is 30.7 Å². The molecule has 5 nitrogen and oxygen atoms in total. The highest BCUT2D eigenvalue weighted by Crippen LogP contribution is 2.42. The third-order valence-corrected chi connectivity index (χ3v) is 6.80. The number of amides is 1.